The van der Waals surface area contributed by atoms with Crippen LogP contribution in [0, 0.1) is 0 Å². The molecule has 10 heteroatoms. The van der Waals surface area contributed by atoms with E-state index in [1.807, 2.05) is 0 Å². The number of aromatic nitrogens is 3. The lowest BCUT2D eigenvalue weighted by molar-refractivity contribution is -0.119. The smallest absolute Gasteiger partial charge is 0.291 e. The predicted octanol–water partition coefficient (Wildman–Crippen LogP) is 2.54. The maximum atomic E-state index is 12.7. The molecule has 146 valence electrons. The SMILES string of the molecule is NC(=O)COc1ccc(C=c2sc3nc(-c4ccc(Cl)cc4Cl)nn3c2=O)cc1. The zero-order valence-electron chi connectivity index (χ0n) is 14.6. The van der Waals surface area contributed by atoms with Crippen LogP contribution in [0.25, 0.3) is 22.4 Å². The van der Waals surface area contributed by atoms with E-state index in [2.05, 4.69) is 10.1 Å². The molecule has 0 saturated heterocycles. The highest BCUT2D eigenvalue weighted by molar-refractivity contribution is 7.15. The number of nitrogens with two attached hydrogens (primary N) is 1. The number of fused-ring (bicyclic) bond motifs is 1. The largest absolute Gasteiger partial charge is 0.484 e. The standard InChI is InChI=1S/C19H12Cl2N4O3S/c20-11-3-6-13(14(21)8-11)17-23-19-25(24-17)18(27)15(29-19)7-10-1-4-12(5-2-10)28-9-16(22)26/h1-8H,9H2,(H2,22,26). The Morgan fingerprint density at radius 3 is 2.62 bits per heavy atom. The first-order valence-electron chi connectivity index (χ1n) is 8.28. The van der Waals surface area contributed by atoms with Crippen molar-refractivity contribution in [2.75, 3.05) is 6.61 Å². The highest BCUT2D eigenvalue weighted by Crippen LogP contribution is 2.28. The summed E-state index contributed by atoms with van der Waals surface area (Å²) in [6, 6.07) is 11.9. The fourth-order valence-corrected chi connectivity index (χ4v) is 3.99. The van der Waals surface area contributed by atoms with Crippen LogP contribution in [-0.4, -0.2) is 27.1 Å². The molecule has 29 heavy (non-hydrogen) atoms. The van der Waals surface area contributed by atoms with Crippen molar-refractivity contribution in [3.63, 3.8) is 0 Å². The topological polar surface area (TPSA) is 99.6 Å². The Morgan fingerprint density at radius 1 is 1.21 bits per heavy atom. The average molecular weight is 447 g/mol. The van der Waals surface area contributed by atoms with Crippen molar-refractivity contribution in [3.05, 3.63) is 73.0 Å². The van der Waals surface area contributed by atoms with E-state index >= 15 is 0 Å². The van der Waals surface area contributed by atoms with Gasteiger partial charge in [-0.2, -0.15) is 9.50 Å². The molecular formula is C19H12Cl2N4O3S. The Hall–Kier alpha value is -2.94. The number of halogens is 2. The molecule has 2 heterocycles. The number of benzene rings is 2. The zero-order chi connectivity index (χ0) is 20.5. The summed E-state index contributed by atoms with van der Waals surface area (Å²) in [5.41, 5.74) is 6.16. The minimum Gasteiger partial charge on any atom is -0.484 e. The molecule has 0 aliphatic heterocycles. The summed E-state index contributed by atoms with van der Waals surface area (Å²) in [5, 5.41) is 5.20. The van der Waals surface area contributed by atoms with Crippen molar-refractivity contribution in [3.8, 4) is 17.1 Å². The summed E-state index contributed by atoms with van der Waals surface area (Å²) in [4.78, 5) is 28.3. The van der Waals surface area contributed by atoms with Crippen molar-refractivity contribution < 1.29 is 9.53 Å². The van der Waals surface area contributed by atoms with Crippen LogP contribution >= 0.6 is 34.5 Å². The number of hydrogen-bond acceptors (Lipinski definition) is 6. The van der Waals surface area contributed by atoms with Gasteiger partial charge in [0.25, 0.3) is 11.5 Å². The number of nitrogens with zero attached hydrogens (tertiary/aromatic N) is 3. The van der Waals surface area contributed by atoms with Gasteiger partial charge in [0, 0.05) is 10.6 Å². The Morgan fingerprint density at radius 2 is 1.97 bits per heavy atom. The van der Waals surface area contributed by atoms with E-state index in [4.69, 9.17) is 33.7 Å². The second kappa shape index (κ2) is 7.82. The van der Waals surface area contributed by atoms with Gasteiger partial charge in [0.2, 0.25) is 4.96 Å². The normalized spacial score (nSPS) is 11.9. The molecule has 1 amide bonds. The van der Waals surface area contributed by atoms with E-state index < -0.39 is 5.91 Å². The Labute approximate surface area is 178 Å². The summed E-state index contributed by atoms with van der Waals surface area (Å²) in [6.45, 7) is -0.193. The highest BCUT2D eigenvalue weighted by atomic mass is 35.5. The van der Waals surface area contributed by atoms with Gasteiger partial charge in [-0.3, -0.25) is 9.59 Å². The van der Waals surface area contributed by atoms with Gasteiger partial charge in [0.15, 0.2) is 12.4 Å². The van der Waals surface area contributed by atoms with E-state index in [-0.39, 0.29) is 12.2 Å². The molecule has 0 spiro atoms. The quantitative estimate of drug-likeness (QED) is 0.507. The summed E-state index contributed by atoms with van der Waals surface area (Å²) >= 11 is 13.3. The number of primary amides is 1. The molecule has 2 N–H and O–H groups in total. The Bertz CT molecular complexity index is 1330. The first kappa shape index (κ1) is 19.4. The summed E-state index contributed by atoms with van der Waals surface area (Å²) in [7, 11) is 0. The molecule has 0 radical (unpaired) electrons. The molecule has 4 rings (SSSR count). The number of thiazole rings is 1. The minimum absolute atomic E-state index is 0.193. The third-order valence-corrected chi connectivity index (χ3v) is 5.42. The molecule has 0 aliphatic carbocycles. The highest BCUT2D eigenvalue weighted by Gasteiger charge is 2.14. The van der Waals surface area contributed by atoms with E-state index in [0.717, 1.165) is 5.56 Å². The van der Waals surface area contributed by atoms with Crippen LogP contribution in [-0.2, 0) is 4.79 Å². The van der Waals surface area contributed by atoms with Crippen LogP contribution in [0.2, 0.25) is 10.0 Å². The molecular weight excluding hydrogens is 435 g/mol. The van der Waals surface area contributed by atoms with Gasteiger partial charge in [-0.15, -0.1) is 5.10 Å². The lowest BCUT2D eigenvalue weighted by Crippen LogP contribution is -2.23. The Balaban J connectivity index is 1.65. The van der Waals surface area contributed by atoms with Gasteiger partial charge in [0.1, 0.15) is 5.75 Å². The van der Waals surface area contributed by atoms with Crippen molar-refractivity contribution in [2.45, 2.75) is 0 Å². The van der Waals surface area contributed by atoms with Crippen molar-refractivity contribution >= 4 is 51.5 Å². The number of rotatable bonds is 5. The minimum atomic E-state index is -0.551. The lowest BCUT2D eigenvalue weighted by Gasteiger charge is -2.03. The van der Waals surface area contributed by atoms with E-state index in [0.29, 0.717) is 36.7 Å². The molecule has 4 aromatic rings. The van der Waals surface area contributed by atoms with Crippen LogP contribution in [0.15, 0.2) is 47.3 Å². The van der Waals surface area contributed by atoms with E-state index in [1.54, 1.807) is 48.5 Å². The average Bonchev–Trinajstić information content (AvgIpc) is 3.21. The van der Waals surface area contributed by atoms with Crippen LogP contribution in [0.3, 0.4) is 0 Å². The van der Waals surface area contributed by atoms with Crippen LogP contribution in [0.5, 0.6) is 5.75 Å². The molecule has 0 saturated carbocycles. The first-order valence-corrected chi connectivity index (χ1v) is 9.86. The molecule has 0 fully saturated rings. The number of ether oxygens (including phenoxy) is 1. The fraction of sp³-hybridized carbons (Fsp3) is 0.0526. The second-order valence-electron chi connectivity index (χ2n) is 5.99. The maximum Gasteiger partial charge on any atom is 0.291 e. The monoisotopic (exact) mass is 446 g/mol. The van der Waals surface area contributed by atoms with Gasteiger partial charge in [-0.1, -0.05) is 46.7 Å². The summed E-state index contributed by atoms with van der Waals surface area (Å²) in [6.07, 6.45) is 1.73. The maximum absolute atomic E-state index is 12.7. The van der Waals surface area contributed by atoms with Crippen LogP contribution in [0.4, 0.5) is 0 Å². The molecule has 2 aromatic carbocycles. The number of amides is 1. The summed E-state index contributed by atoms with van der Waals surface area (Å²) < 4.78 is 6.95. The molecule has 0 bridgehead atoms. The van der Waals surface area contributed by atoms with Gasteiger partial charge in [-0.25, -0.2) is 0 Å². The molecule has 0 unspecified atom stereocenters. The number of carbonyl (C=O) groups is 1. The summed E-state index contributed by atoms with van der Waals surface area (Å²) in [5.74, 6) is 0.318. The van der Waals surface area contributed by atoms with Crippen LogP contribution in [0.1, 0.15) is 5.56 Å². The molecule has 0 aliphatic rings. The first-order chi connectivity index (χ1) is 13.9. The number of hydrogen-bond donors (Lipinski definition) is 1. The fourth-order valence-electron chi connectivity index (χ4n) is 2.58. The van der Waals surface area contributed by atoms with Crippen molar-refractivity contribution in [2.24, 2.45) is 5.73 Å². The third kappa shape index (κ3) is 4.09. The lowest BCUT2D eigenvalue weighted by atomic mass is 10.2. The van der Waals surface area contributed by atoms with Gasteiger partial charge >= 0.3 is 0 Å². The van der Waals surface area contributed by atoms with Gasteiger partial charge in [0.05, 0.1) is 9.55 Å². The van der Waals surface area contributed by atoms with Gasteiger partial charge < -0.3 is 10.5 Å². The zero-order valence-corrected chi connectivity index (χ0v) is 17.0. The number of carbonyl (C=O) groups excluding carboxylic acids is 1. The predicted molar refractivity (Wildman–Crippen MR) is 113 cm³/mol. The second-order valence-corrected chi connectivity index (χ2v) is 7.85. The van der Waals surface area contributed by atoms with E-state index in [1.165, 1.54) is 15.9 Å². The van der Waals surface area contributed by atoms with Crippen molar-refractivity contribution in [1.29, 1.82) is 0 Å². The third-order valence-electron chi connectivity index (χ3n) is 3.91. The van der Waals surface area contributed by atoms with Gasteiger partial charge in [-0.05, 0) is 42.0 Å². The van der Waals surface area contributed by atoms with E-state index in [9.17, 15) is 9.59 Å². The Kier molecular flexibility index (Phi) is 5.23. The molecule has 0 atom stereocenters. The molecule has 2 aromatic heterocycles. The molecule has 7 nitrogen and oxygen atoms in total. The van der Waals surface area contributed by atoms with Crippen LogP contribution < -0.4 is 20.6 Å². The van der Waals surface area contributed by atoms with Crippen molar-refractivity contribution in [1.82, 2.24) is 14.6 Å².